The Bertz CT molecular complexity index is 670. The number of aliphatic hydroxyl groups is 1. The molecule has 0 spiro atoms. The van der Waals surface area contributed by atoms with Crippen molar-refractivity contribution in [1.82, 2.24) is 14.7 Å². The van der Waals surface area contributed by atoms with E-state index in [1.165, 1.54) is 0 Å². The fraction of sp³-hybridized carbons (Fsp3) is 0.474. The third kappa shape index (κ3) is 4.92. The lowest BCUT2D eigenvalue weighted by molar-refractivity contribution is 0.103. The van der Waals surface area contributed by atoms with Gasteiger partial charge in [-0.2, -0.15) is 10.4 Å². The number of aromatic nitrogens is 2. The Morgan fingerprint density at radius 2 is 1.96 bits per heavy atom. The number of aryl methyl sites for hydroxylation is 1. The van der Waals surface area contributed by atoms with E-state index in [0.29, 0.717) is 25.6 Å². The van der Waals surface area contributed by atoms with Gasteiger partial charge in [0, 0.05) is 36.5 Å². The lowest BCUT2D eigenvalue weighted by Gasteiger charge is -2.27. The molecule has 1 N–H and O–H groups in total. The Hall–Kier alpha value is -2.16. The summed E-state index contributed by atoms with van der Waals surface area (Å²) in [7, 11) is 0. The van der Waals surface area contributed by atoms with E-state index in [0.717, 1.165) is 23.4 Å². The summed E-state index contributed by atoms with van der Waals surface area (Å²) in [4.78, 5) is 2.24. The van der Waals surface area contributed by atoms with E-state index in [2.05, 4.69) is 42.0 Å². The average molecular weight is 326 g/mol. The van der Waals surface area contributed by atoms with Crippen molar-refractivity contribution < 1.29 is 5.11 Å². The van der Waals surface area contributed by atoms with Crippen LogP contribution in [-0.2, 0) is 13.1 Å². The summed E-state index contributed by atoms with van der Waals surface area (Å²) in [5.41, 5.74) is 3.14. The van der Waals surface area contributed by atoms with Crippen LogP contribution in [0.2, 0.25) is 0 Å². The van der Waals surface area contributed by atoms with Gasteiger partial charge in [-0.05, 0) is 20.8 Å². The third-order valence-electron chi connectivity index (χ3n) is 3.94. The topological polar surface area (TPSA) is 65.1 Å². The van der Waals surface area contributed by atoms with Crippen LogP contribution in [0.1, 0.15) is 32.8 Å². The quantitative estimate of drug-likeness (QED) is 0.810. The van der Waals surface area contributed by atoms with Crippen molar-refractivity contribution in [3.63, 3.8) is 0 Å². The second-order valence-corrected chi connectivity index (χ2v) is 6.41. The van der Waals surface area contributed by atoms with E-state index in [1.54, 1.807) is 0 Å². The third-order valence-corrected chi connectivity index (χ3v) is 3.94. The number of hydrogen-bond acceptors (Lipinski definition) is 4. The van der Waals surface area contributed by atoms with Gasteiger partial charge in [0.15, 0.2) is 0 Å². The van der Waals surface area contributed by atoms with Crippen molar-refractivity contribution in [2.75, 3.05) is 6.54 Å². The summed E-state index contributed by atoms with van der Waals surface area (Å²) in [6.45, 7) is 8.00. The van der Waals surface area contributed by atoms with Crippen molar-refractivity contribution >= 4 is 0 Å². The van der Waals surface area contributed by atoms with Crippen LogP contribution in [-0.4, -0.2) is 38.5 Å². The molecule has 0 aliphatic heterocycles. The molecule has 0 saturated carbocycles. The summed E-state index contributed by atoms with van der Waals surface area (Å²) in [6, 6.07) is 12.6. The maximum atomic E-state index is 9.76. The highest BCUT2D eigenvalue weighted by Gasteiger charge is 2.18. The minimum Gasteiger partial charge on any atom is -0.392 e. The van der Waals surface area contributed by atoms with Gasteiger partial charge in [0.1, 0.15) is 0 Å². The molecule has 0 amide bonds. The molecule has 0 radical (unpaired) electrons. The van der Waals surface area contributed by atoms with E-state index < -0.39 is 0 Å². The zero-order chi connectivity index (χ0) is 17.5. The lowest BCUT2D eigenvalue weighted by atomic mass is 10.1. The van der Waals surface area contributed by atoms with Crippen LogP contribution in [0.3, 0.4) is 0 Å². The number of rotatable bonds is 8. The van der Waals surface area contributed by atoms with Gasteiger partial charge in [0.2, 0.25) is 0 Å². The first kappa shape index (κ1) is 18.2. The van der Waals surface area contributed by atoms with Gasteiger partial charge in [0.25, 0.3) is 0 Å². The maximum Gasteiger partial charge on any atom is 0.0968 e. The monoisotopic (exact) mass is 326 g/mol. The average Bonchev–Trinajstić information content (AvgIpc) is 2.95. The fourth-order valence-corrected chi connectivity index (χ4v) is 2.71. The van der Waals surface area contributed by atoms with E-state index in [9.17, 15) is 5.11 Å². The zero-order valence-corrected chi connectivity index (χ0v) is 14.7. The first-order valence-corrected chi connectivity index (χ1v) is 8.42. The summed E-state index contributed by atoms with van der Waals surface area (Å²) < 4.78 is 1.85. The number of hydrogen-bond donors (Lipinski definition) is 1. The van der Waals surface area contributed by atoms with Crippen LogP contribution in [0.25, 0.3) is 11.3 Å². The van der Waals surface area contributed by atoms with Crippen molar-refractivity contribution in [3.8, 4) is 17.3 Å². The molecule has 5 heteroatoms. The van der Waals surface area contributed by atoms with Gasteiger partial charge in [-0.3, -0.25) is 9.58 Å². The molecule has 1 heterocycles. The predicted molar refractivity (Wildman–Crippen MR) is 95.1 cm³/mol. The molecular weight excluding hydrogens is 300 g/mol. The largest absolute Gasteiger partial charge is 0.392 e. The predicted octanol–water partition coefficient (Wildman–Crippen LogP) is 3.05. The van der Waals surface area contributed by atoms with Crippen molar-refractivity contribution in [2.45, 2.75) is 52.4 Å². The zero-order valence-electron chi connectivity index (χ0n) is 14.7. The number of benzene rings is 1. The van der Waals surface area contributed by atoms with Crippen molar-refractivity contribution in [3.05, 3.63) is 42.1 Å². The minimum absolute atomic E-state index is 0.325. The van der Waals surface area contributed by atoms with Gasteiger partial charge in [-0.25, -0.2) is 0 Å². The Morgan fingerprint density at radius 3 is 2.54 bits per heavy atom. The lowest BCUT2D eigenvalue weighted by Crippen LogP contribution is -2.36. The molecule has 24 heavy (non-hydrogen) atoms. The smallest absolute Gasteiger partial charge is 0.0968 e. The van der Waals surface area contributed by atoms with Crippen LogP contribution in [0.5, 0.6) is 0 Å². The molecule has 0 aliphatic rings. The number of nitrogens with zero attached hydrogens (tertiary/aromatic N) is 4. The Balaban J connectivity index is 2.32. The molecule has 0 fully saturated rings. The summed E-state index contributed by atoms with van der Waals surface area (Å²) in [5, 5.41) is 23.3. The minimum atomic E-state index is -0.374. The summed E-state index contributed by atoms with van der Waals surface area (Å²) in [6.07, 6.45) is 2.09. The van der Waals surface area contributed by atoms with Crippen LogP contribution in [0.15, 0.2) is 36.5 Å². The van der Waals surface area contributed by atoms with Gasteiger partial charge in [0.05, 0.1) is 30.8 Å². The number of aliphatic hydroxyl groups excluding tert-OH is 1. The highest BCUT2D eigenvalue weighted by Crippen LogP contribution is 2.24. The molecule has 0 aliphatic carbocycles. The number of nitriles is 1. The maximum absolute atomic E-state index is 9.76. The van der Waals surface area contributed by atoms with Crippen molar-refractivity contribution in [1.29, 1.82) is 5.26 Å². The SMILES string of the molecule is CC(O)CN(Cc1cn(CCC#N)nc1-c1ccccc1)C(C)C. The second-order valence-electron chi connectivity index (χ2n) is 6.41. The van der Waals surface area contributed by atoms with Crippen molar-refractivity contribution in [2.24, 2.45) is 0 Å². The molecule has 2 rings (SSSR count). The molecule has 2 aromatic rings. The standard InChI is InChI=1S/C19H26N4O/c1-15(2)22(12-16(3)24)13-18-14-23(11-7-10-20)21-19(18)17-8-5-4-6-9-17/h4-6,8-9,14-16,24H,7,11-13H2,1-3H3. The highest BCUT2D eigenvalue weighted by molar-refractivity contribution is 5.62. The van der Waals surface area contributed by atoms with E-state index in [1.807, 2.05) is 36.0 Å². The molecular formula is C19H26N4O. The molecule has 1 aromatic carbocycles. The van der Waals surface area contributed by atoms with Gasteiger partial charge in [-0.15, -0.1) is 0 Å². The normalized spacial score (nSPS) is 12.5. The van der Waals surface area contributed by atoms with E-state index in [-0.39, 0.29) is 6.10 Å². The van der Waals surface area contributed by atoms with Crippen LogP contribution >= 0.6 is 0 Å². The van der Waals surface area contributed by atoms with Gasteiger partial charge in [-0.1, -0.05) is 30.3 Å². The molecule has 128 valence electrons. The van der Waals surface area contributed by atoms with Gasteiger partial charge < -0.3 is 5.11 Å². The molecule has 0 saturated heterocycles. The highest BCUT2D eigenvalue weighted by atomic mass is 16.3. The molecule has 0 bridgehead atoms. The van der Waals surface area contributed by atoms with E-state index >= 15 is 0 Å². The van der Waals surface area contributed by atoms with Crippen LogP contribution < -0.4 is 0 Å². The van der Waals surface area contributed by atoms with Gasteiger partial charge >= 0.3 is 0 Å². The molecule has 5 nitrogen and oxygen atoms in total. The summed E-state index contributed by atoms with van der Waals surface area (Å²) in [5.74, 6) is 0. The fourth-order valence-electron chi connectivity index (χ4n) is 2.71. The Morgan fingerprint density at radius 1 is 1.25 bits per heavy atom. The summed E-state index contributed by atoms with van der Waals surface area (Å²) >= 11 is 0. The molecule has 1 atom stereocenters. The van der Waals surface area contributed by atoms with E-state index in [4.69, 9.17) is 5.26 Å². The van der Waals surface area contributed by atoms with Crippen LogP contribution in [0, 0.1) is 11.3 Å². The van der Waals surface area contributed by atoms with Crippen LogP contribution in [0.4, 0.5) is 0 Å². The molecule has 1 aromatic heterocycles. The Kier molecular flexibility index (Phi) is 6.53. The first-order chi connectivity index (χ1) is 11.5. The molecule has 1 unspecified atom stereocenters. The first-order valence-electron chi connectivity index (χ1n) is 8.42. The Labute approximate surface area is 144 Å². The second kappa shape index (κ2) is 8.62.